The van der Waals surface area contributed by atoms with Crippen LogP contribution in [0.4, 0.5) is 4.79 Å². The number of carbonyl (C=O) groups is 2. The van der Waals surface area contributed by atoms with E-state index >= 15 is 0 Å². The summed E-state index contributed by atoms with van der Waals surface area (Å²) in [6.45, 7) is 6.63. The van der Waals surface area contributed by atoms with E-state index in [1.54, 1.807) is 20.8 Å². The molecule has 1 amide bonds. The van der Waals surface area contributed by atoms with Gasteiger partial charge < -0.3 is 14.2 Å². The molecule has 1 aromatic rings. The lowest BCUT2D eigenvalue weighted by atomic mass is 9.92. The van der Waals surface area contributed by atoms with Crippen LogP contribution in [0.15, 0.2) is 30.3 Å². The third kappa shape index (κ3) is 4.12. The number of nitrogens with zero attached hydrogens (tertiary/aromatic N) is 1. The van der Waals surface area contributed by atoms with E-state index in [9.17, 15) is 9.59 Å². The summed E-state index contributed by atoms with van der Waals surface area (Å²) in [5.74, 6) is -0.415. The fourth-order valence-corrected chi connectivity index (χ4v) is 3.17. The third-order valence-corrected chi connectivity index (χ3v) is 4.49. The van der Waals surface area contributed by atoms with Gasteiger partial charge in [0.1, 0.15) is 18.2 Å². The highest BCUT2D eigenvalue weighted by Crippen LogP contribution is 2.40. The molecule has 2 saturated heterocycles. The first-order valence-corrected chi connectivity index (χ1v) is 8.62. The SMILES string of the molecule is CC(C)(C)OC(=O)N1CC2(CCO2)C[C@H]1C(=O)OCc1ccccc1. The molecule has 1 aromatic carbocycles. The Bertz CT molecular complexity index is 633. The smallest absolute Gasteiger partial charge is 0.411 e. The Hall–Kier alpha value is -2.08. The zero-order valence-corrected chi connectivity index (χ0v) is 15.0. The van der Waals surface area contributed by atoms with Crippen molar-refractivity contribution < 1.29 is 23.8 Å². The molecule has 0 radical (unpaired) electrons. The highest BCUT2D eigenvalue weighted by atomic mass is 16.6. The first-order valence-electron chi connectivity index (χ1n) is 8.62. The number of carbonyl (C=O) groups excluding carboxylic acids is 2. The quantitative estimate of drug-likeness (QED) is 0.787. The van der Waals surface area contributed by atoms with Crippen LogP contribution in [0.3, 0.4) is 0 Å². The highest BCUT2D eigenvalue weighted by molar-refractivity contribution is 5.82. The summed E-state index contributed by atoms with van der Waals surface area (Å²) in [6.07, 6.45) is 0.802. The summed E-state index contributed by atoms with van der Waals surface area (Å²) < 4.78 is 16.6. The molecule has 1 unspecified atom stereocenters. The number of amides is 1. The first-order chi connectivity index (χ1) is 11.8. The summed E-state index contributed by atoms with van der Waals surface area (Å²) in [5, 5.41) is 0. The number of benzene rings is 1. The molecule has 0 N–H and O–H groups in total. The Kier molecular flexibility index (Phi) is 4.73. The third-order valence-electron chi connectivity index (χ3n) is 4.49. The van der Waals surface area contributed by atoms with Gasteiger partial charge in [-0.05, 0) is 26.3 Å². The average Bonchev–Trinajstić information content (AvgIpc) is 2.93. The van der Waals surface area contributed by atoms with Crippen molar-refractivity contribution in [3.8, 4) is 0 Å². The number of hydrogen-bond acceptors (Lipinski definition) is 5. The number of hydrogen-bond donors (Lipinski definition) is 0. The summed E-state index contributed by atoms with van der Waals surface area (Å²) in [5.41, 5.74) is -0.133. The Balaban J connectivity index is 1.67. The van der Waals surface area contributed by atoms with Crippen molar-refractivity contribution in [1.29, 1.82) is 0 Å². The number of ether oxygens (including phenoxy) is 3. The second-order valence-corrected chi connectivity index (χ2v) is 7.70. The van der Waals surface area contributed by atoms with Crippen molar-refractivity contribution in [3.05, 3.63) is 35.9 Å². The second kappa shape index (κ2) is 6.67. The topological polar surface area (TPSA) is 65.1 Å². The molecular formula is C19H25NO5. The predicted octanol–water partition coefficient (Wildman–Crippen LogP) is 2.90. The van der Waals surface area contributed by atoms with Gasteiger partial charge in [-0.25, -0.2) is 9.59 Å². The molecule has 2 aliphatic heterocycles. The lowest BCUT2D eigenvalue weighted by Gasteiger charge is -2.38. The highest BCUT2D eigenvalue weighted by Gasteiger charge is 2.54. The van der Waals surface area contributed by atoms with Crippen LogP contribution < -0.4 is 0 Å². The standard InChI is InChI=1S/C19H25NO5/c1-18(2,3)25-17(22)20-13-19(9-10-24-19)11-15(20)16(21)23-12-14-7-5-4-6-8-14/h4-8,15H,9-13H2,1-3H3/t15-,19?/m0/s1. The minimum atomic E-state index is -0.668. The molecule has 2 atom stereocenters. The molecule has 2 aliphatic rings. The Morgan fingerprint density at radius 3 is 2.52 bits per heavy atom. The zero-order valence-electron chi connectivity index (χ0n) is 15.0. The van der Waals surface area contributed by atoms with Gasteiger partial charge in [0, 0.05) is 12.8 Å². The van der Waals surface area contributed by atoms with Crippen molar-refractivity contribution in [3.63, 3.8) is 0 Å². The molecule has 0 saturated carbocycles. The maximum absolute atomic E-state index is 12.6. The van der Waals surface area contributed by atoms with Crippen LogP contribution in [0.25, 0.3) is 0 Å². The Morgan fingerprint density at radius 2 is 1.96 bits per heavy atom. The Morgan fingerprint density at radius 1 is 1.28 bits per heavy atom. The molecule has 3 rings (SSSR count). The van der Waals surface area contributed by atoms with Gasteiger partial charge in [0.15, 0.2) is 0 Å². The van der Waals surface area contributed by atoms with E-state index in [0.717, 1.165) is 12.0 Å². The van der Waals surface area contributed by atoms with Gasteiger partial charge in [0.2, 0.25) is 0 Å². The van der Waals surface area contributed by atoms with E-state index in [4.69, 9.17) is 14.2 Å². The van der Waals surface area contributed by atoms with Crippen molar-refractivity contribution in [1.82, 2.24) is 4.90 Å². The van der Waals surface area contributed by atoms with Crippen LogP contribution in [0.1, 0.15) is 39.2 Å². The summed E-state index contributed by atoms with van der Waals surface area (Å²) >= 11 is 0. The maximum atomic E-state index is 12.6. The molecule has 25 heavy (non-hydrogen) atoms. The molecular weight excluding hydrogens is 322 g/mol. The molecule has 136 valence electrons. The minimum Gasteiger partial charge on any atom is -0.459 e. The molecule has 1 spiro atoms. The van der Waals surface area contributed by atoms with Crippen molar-refractivity contribution in [2.45, 2.75) is 57.5 Å². The number of esters is 1. The molecule has 6 heteroatoms. The molecule has 0 bridgehead atoms. The molecule has 0 aromatic heterocycles. The maximum Gasteiger partial charge on any atom is 0.411 e. The van der Waals surface area contributed by atoms with Crippen LogP contribution in [-0.2, 0) is 25.6 Å². The van der Waals surface area contributed by atoms with Gasteiger partial charge >= 0.3 is 12.1 Å². The molecule has 0 aliphatic carbocycles. The van der Waals surface area contributed by atoms with Gasteiger partial charge in [-0.2, -0.15) is 0 Å². The van der Waals surface area contributed by atoms with Crippen LogP contribution >= 0.6 is 0 Å². The van der Waals surface area contributed by atoms with Crippen molar-refractivity contribution >= 4 is 12.1 Å². The van der Waals surface area contributed by atoms with Crippen LogP contribution in [0.2, 0.25) is 0 Å². The zero-order chi connectivity index (χ0) is 18.1. The number of likely N-dealkylation sites (tertiary alicyclic amines) is 1. The summed E-state index contributed by atoms with van der Waals surface area (Å²) in [6, 6.07) is 8.81. The molecule has 2 fully saturated rings. The van der Waals surface area contributed by atoms with E-state index in [1.165, 1.54) is 4.90 Å². The predicted molar refractivity (Wildman–Crippen MR) is 90.9 cm³/mol. The van der Waals surface area contributed by atoms with Crippen LogP contribution in [0.5, 0.6) is 0 Å². The summed E-state index contributed by atoms with van der Waals surface area (Å²) in [7, 11) is 0. The lowest BCUT2D eigenvalue weighted by molar-refractivity contribution is -0.152. The van der Waals surface area contributed by atoms with E-state index in [1.807, 2.05) is 30.3 Å². The first kappa shape index (κ1) is 17.7. The lowest BCUT2D eigenvalue weighted by Crippen LogP contribution is -2.47. The normalized spacial score (nSPS) is 25.6. The van der Waals surface area contributed by atoms with E-state index in [0.29, 0.717) is 19.6 Å². The van der Waals surface area contributed by atoms with E-state index < -0.39 is 29.3 Å². The fourth-order valence-electron chi connectivity index (χ4n) is 3.17. The minimum absolute atomic E-state index is 0.187. The molecule has 2 heterocycles. The van der Waals surface area contributed by atoms with Crippen LogP contribution in [0, 0.1) is 0 Å². The largest absolute Gasteiger partial charge is 0.459 e. The van der Waals surface area contributed by atoms with Crippen LogP contribution in [-0.4, -0.2) is 47.4 Å². The van der Waals surface area contributed by atoms with E-state index in [-0.39, 0.29) is 6.61 Å². The van der Waals surface area contributed by atoms with Crippen molar-refractivity contribution in [2.24, 2.45) is 0 Å². The monoisotopic (exact) mass is 347 g/mol. The van der Waals surface area contributed by atoms with Gasteiger partial charge in [-0.15, -0.1) is 0 Å². The van der Waals surface area contributed by atoms with Gasteiger partial charge in [0.05, 0.1) is 18.8 Å². The average molecular weight is 347 g/mol. The van der Waals surface area contributed by atoms with Crippen molar-refractivity contribution in [2.75, 3.05) is 13.2 Å². The van der Waals surface area contributed by atoms with Gasteiger partial charge in [-0.3, -0.25) is 4.90 Å². The van der Waals surface area contributed by atoms with Gasteiger partial charge in [0.25, 0.3) is 0 Å². The Labute approximate surface area is 148 Å². The fraction of sp³-hybridized carbons (Fsp3) is 0.579. The van der Waals surface area contributed by atoms with E-state index in [2.05, 4.69) is 0 Å². The number of rotatable bonds is 3. The molecule has 6 nitrogen and oxygen atoms in total. The second-order valence-electron chi connectivity index (χ2n) is 7.70. The van der Waals surface area contributed by atoms with Gasteiger partial charge in [-0.1, -0.05) is 30.3 Å². The summed E-state index contributed by atoms with van der Waals surface area (Å²) in [4.78, 5) is 26.6.